The molecule has 0 aliphatic heterocycles. The maximum atomic E-state index is 13.6. The average Bonchev–Trinajstić information content (AvgIpc) is 3.35. The van der Waals surface area contributed by atoms with Gasteiger partial charge in [-0.25, -0.2) is 8.42 Å². The van der Waals surface area contributed by atoms with Crippen LogP contribution < -0.4 is 9.62 Å². The van der Waals surface area contributed by atoms with E-state index in [9.17, 15) is 28.1 Å². The van der Waals surface area contributed by atoms with Gasteiger partial charge in [0.2, 0.25) is 21.8 Å². The Labute approximate surface area is 211 Å². The summed E-state index contributed by atoms with van der Waals surface area (Å²) in [6, 6.07) is 13.5. The van der Waals surface area contributed by atoms with E-state index >= 15 is 0 Å². The lowest BCUT2D eigenvalue weighted by Gasteiger charge is -2.33. The second kappa shape index (κ2) is 12.0. The highest BCUT2D eigenvalue weighted by atomic mass is 32.2. The number of anilines is 1. The summed E-state index contributed by atoms with van der Waals surface area (Å²) in [6.07, 6.45) is 5.15. The molecule has 1 fully saturated rings. The van der Waals surface area contributed by atoms with E-state index in [2.05, 4.69) is 5.32 Å². The van der Waals surface area contributed by atoms with Gasteiger partial charge in [-0.1, -0.05) is 56.2 Å². The van der Waals surface area contributed by atoms with Crippen molar-refractivity contribution < 1.29 is 22.9 Å². The summed E-state index contributed by atoms with van der Waals surface area (Å²) in [7, 11) is -3.97. The van der Waals surface area contributed by atoms with Crippen LogP contribution in [0.4, 0.5) is 11.4 Å². The Kier molecular flexibility index (Phi) is 9.03. The molecule has 194 valence electrons. The van der Waals surface area contributed by atoms with Gasteiger partial charge >= 0.3 is 0 Å². The van der Waals surface area contributed by atoms with Crippen molar-refractivity contribution in [3.8, 4) is 0 Å². The van der Waals surface area contributed by atoms with Gasteiger partial charge in [0, 0.05) is 24.7 Å². The molecule has 3 rings (SSSR count). The molecule has 1 aliphatic carbocycles. The molecule has 1 atom stereocenters. The van der Waals surface area contributed by atoms with Crippen molar-refractivity contribution >= 4 is 33.2 Å². The molecular formula is C25H32N4O6S. The molecule has 1 N–H and O–H groups in total. The summed E-state index contributed by atoms with van der Waals surface area (Å²) in [5.41, 5.74) is 0.500. The maximum Gasteiger partial charge on any atom is 0.271 e. The predicted molar refractivity (Wildman–Crippen MR) is 137 cm³/mol. The van der Waals surface area contributed by atoms with Crippen LogP contribution in [0.25, 0.3) is 0 Å². The Morgan fingerprint density at radius 1 is 1.11 bits per heavy atom. The second-order valence-electron chi connectivity index (χ2n) is 8.97. The van der Waals surface area contributed by atoms with Crippen molar-refractivity contribution in [2.45, 2.75) is 57.7 Å². The number of nitrogens with zero attached hydrogens (tertiary/aromatic N) is 3. The SMILES string of the molecule is CC[C@@H](C(=O)NC1CCCC1)N(Cc1ccccc1)C(=O)CN(c1cccc([N+](=O)[O-])c1)S(C)(=O)=O. The van der Waals surface area contributed by atoms with Gasteiger partial charge in [0.15, 0.2) is 0 Å². The first-order valence-corrected chi connectivity index (χ1v) is 13.8. The molecule has 0 radical (unpaired) electrons. The van der Waals surface area contributed by atoms with Crippen LogP contribution >= 0.6 is 0 Å². The molecule has 2 aromatic carbocycles. The zero-order chi connectivity index (χ0) is 26.3. The standard InChI is InChI=1S/C25H32N4O6S/c1-3-23(25(31)26-20-12-7-8-13-20)27(17-19-10-5-4-6-11-19)24(30)18-28(36(2,34)35)21-14-9-15-22(16-21)29(32)33/h4-6,9-11,14-16,20,23H,3,7-8,12-13,17-18H2,1-2H3,(H,26,31)/t23-/m0/s1. The quantitative estimate of drug-likeness (QED) is 0.361. The minimum absolute atomic E-state index is 0.00293. The van der Waals surface area contributed by atoms with Crippen LogP contribution in [0.3, 0.4) is 0 Å². The third-order valence-corrected chi connectivity index (χ3v) is 7.43. The minimum Gasteiger partial charge on any atom is -0.352 e. The number of amides is 2. The van der Waals surface area contributed by atoms with Crippen molar-refractivity contribution in [2.75, 3.05) is 17.1 Å². The number of nitro benzene ring substituents is 1. The van der Waals surface area contributed by atoms with E-state index in [0.717, 1.165) is 47.9 Å². The third-order valence-electron chi connectivity index (χ3n) is 6.29. The fourth-order valence-electron chi connectivity index (χ4n) is 4.44. The zero-order valence-electron chi connectivity index (χ0n) is 20.5. The summed E-state index contributed by atoms with van der Waals surface area (Å²) in [6.45, 7) is 1.32. The molecular weight excluding hydrogens is 484 g/mol. The topological polar surface area (TPSA) is 130 Å². The van der Waals surface area contributed by atoms with Crippen molar-refractivity contribution in [3.05, 3.63) is 70.3 Å². The number of benzene rings is 2. The van der Waals surface area contributed by atoms with E-state index in [1.54, 1.807) is 6.92 Å². The highest BCUT2D eigenvalue weighted by Crippen LogP contribution is 2.24. The maximum absolute atomic E-state index is 13.6. The minimum atomic E-state index is -3.97. The van der Waals surface area contributed by atoms with Crippen LogP contribution in [0.2, 0.25) is 0 Å². The van der Waals surface area contributed by atoms with Gasteiger partial charge < -0.3 is 10.2 Å². The zero-order valence-corrected chi connectivity index (χ0v) is 21.3. The Bertz CT molecular complexity index is 1180. The van der Waals surface area contributed by atoms with Crippen molar-refractivity contribution in [1.82, 2.24) is 10.2 Å². The van der Waals surface area contributed by atoms with Gasteiger partial charge in [-0.05, 0) is 30.9 Å². The summed E-state index contributed by atoms with van der Waals surface area (Å²) in [4.78, 5) is 38.9. The number of carbonyl (C=O) groups excluding carboxylic acids is 2. The van der Waals surface area contributed by atoms with E-state index < -0.39 is 33.4 Å². The number of carbonyl (C=O) groups is 2. The van der Waals surface area contributed by atoms with Crippen LogP contribution in [0.1, 0.15) is 44.6 Å². The molecule has 0 saturated heterocycles. The Morgan fingerprint density at radius 3 is 2.36 bits per heavy atom. The van der Waals surface area contributed by atoms with E-state index in [-0.39, 0.29) is 29.9 Å². The summed E-state index contributed by atoms with van der Waals surface area (Å²) in [5, 5.41) is 14.3. The second-order valence-corrected chi connectivity index (χ2v) is 10.9. The van der Waals surface area contributed by atoms with Gasteiger partial charge in [-0.15, -0.1) is 0 Å². The molecule has 36 heavy (non-hydrogen) atoms. The number of nitro groups is 1. The fourth-order valence-corrected chi connectivity index (χ4v) is 5.28. The van der Waals surface area contributed by atoms with Crippen LogP contribution in [0, 0.1) is 10.1 Å². The molecule has 0 heterocycles. The lowest BCUT2D eigenvalue weighted by molar-refractivity contribution is -0.384. The normalized spacial score (nSPS) is 14.7. The van der Waals surface area contributed by atoms with Gasteiger partial charge in [0.05, 0.1) is 16.9 Å². The molecule has 10 nitrogen and oxygen atoms in total. The number of rotatable bonds is 11. The number of hydrogen-bond donors (Lipinski definition) is 1. The molecule has 0 unspecified atom stereocenters. The Balaban J connectivity index is 1.92. The summed E-state index contributed by atoms with van der Waals surface area (Å²) < 4.78 is 26.1. The van der Waals surface area contributed by atoms with Crippen LogP contribution in [0.5, 0.6) is 0 Å². The van der Waals surface area contributed by atoms with Crippen molar-refractivity contribution in [3.63, 3.8) is 0 Å². The first kappa shape index (κ1) is 27.1. The van der Waals surface area contributed by atoms with E-state index in [0.29, 0.717) is 6.42 Å². The highest BCUT2D eigenvalue weighted by molar-refractivity contribution is 7.92. The smallest absolute Gasteiger partial charge is 0.271 e. The summed E-state index contributed by atoms with van der Waals surface area (Å²) in [5.74, 6) is -0.848. The van der Waals surface area contributed by atoms with Crippen LogP contribution in [-0.4, -0.2) is 54.9 Å². The molecule has 11 heteroatoms. The molecule has 0 aromatic heterocycles. The first-order chi connectivity index (χ1) is 17.1. The van der Waals surface area contributed by atoms with Crippen molar-refractivity contribution in [2.24, 2.45) is 0 Å². The van der Waals surface area contributed by atoms with Crippen LogP contribution in [-0.2, 0) is 26.2 Å². The molecule has 1 saturated carbocycles. The van der Waals surface area contributed by atoms with Gasteiger partial charge in [-0.2, -0.15) is 0 Å². The lowest BCUT2D eigenvalue weighted by atomic mass is 10.1. The molecule has 0 spiro atoms. The van der Waals surface area contributed by atoms with E-state index in [1.165, 1.54) is 23.1 Å². The Hall–Kier alpha value is -3.47. The van der Waals surface area contributed by atoms with Gasteiger partial charge in [0.25, 0.3) is 5.69 Å². The number of non-ortho nitro benzene ring substituents is 1. The van der Waals surface area contributed by atoms with Crippen LogP contribution in [0.15, 0.2) is 54.6 Å². The van der Waals surface area contributed by atoms with Gasteiger partial charge in [-0.3, -0.25) is 24.0 Å². The number of sulfonamides is 1. The molecule has 2 aromatic rings. The van der Waals surface area contributed by atoms with E-state index in [1.807, 2.05) is 30.3 Å². The van der Waals surface area contributed by atoms with Gasteiger partial charge in [0.1, 0.15) is 12.6 Å². The Morgan fingerprint density at radius 2 is 1.78 bits per heavy atom. The number of hydrogen-bond acceptors (Lipinski definition) is 6. The fraction of sp³-hybridized carbons (Fsp3) is 0.440. The monoisotopic (exact) mass is 516 g/mol. The third kappa shape index (κ3) is 7.03. The largest absolute Gasteiger partial charge is 0.352 e. The average molecular weight is 517 g/mol. The summed E-state index contributed by atoms with van der Waals surface area (Å²) >= 11 is 0. The molecule has 1 aliphatic rings. The predicted octanol–water partition coefficient (Wildman–Crippen LogP) is 3.23. The first-order valence-electron chi connectivity index (χ1n) is 12.0. The van der Waals surface area contributed by atoms with Crippen molar-refractivity contribution in [1.29, 1.82) is 0 Å². The molecule has 2 amide bonds. The number of nitrogens with one attached hydrogen (secondary N) is 1. The highest BCUT2D eigenvalue weighted by Gasteiger charge is 2.33. The lowest BCUT2D eigenvalue weighted by Crippen LogP contribution is -2.53. The van der Waals surface area contributed by atoms with E-state index in [4.69, 9.17) is 0 Å². The molecule has 0 bridgehead atoms.